The summed E-state index contributed by atoms with van der Waals surface area (Å²) in [5.74, 6) is -0.268. The molecule has 0 fully saturated rings. The molecule has 2 aromatic carbocycles. The van der Waals surface area contributed by atoms with E-state index in [4.69, 9.17) is 32.7 Å². The summed E-state index contributed by atoms with van der Waals surface area (Å²) in [6.07, 6.45) is 4.48. The third-order valence-electron chi connectivity index (χ3n) is 4.73. The van der Waals surface area contributed by atoms with Gasteiger partial charge in [-0.2, -0.15) is 0 Å². The molecule has 0 unspecified atom stereocenters. The molecule has 6 heteroatoms. The number of carbonyl (C=O) groups is 1. The minimum absolute atomic E-state index is 0.268. The lowest BCUT2D eigenvalue weighted by Gasteiger charge is -2.25. The number of methoxy groups -OCH3 is 1. The van der Waals surface area contributed by atoms with E-state index in [1.807, 2.05) is 54.6 Å². The molecule has 0 N–H and O–H groups in total. The average Bonchev–Trinajstić information content (AvgIpc) is 2.75. The molecule has 0 radical (unpaired) electrons. The second-order valence-electron chi connectivity index (χ2n) is 6.65. The molecule has 1 heterocycles. The van der Waals surface area contributed by atoms with Crippen molar-refractivity contribution in [2.24, 2.45) is 0 Å². The zero-order chi connectivity index (χ0) is 20.6. The summed E-state index contributed by atoms with van der Waals surface area (Å²) in [7, 11) is 1.40. The molecular formula is C23H23Cl2NO3. The van der Waals surface area contributed by atoms with Gasteiger partial charge in [0.25, 0.3) is 0 Å². The van der Waals surface area contributed by atoms with Crippen LogP contribution in [-0.4, -0.2) is 44.2 Å². The average molecular weight is 432 g/mol. The van der Waals surface area contributed by atoms with Crippen molar-refractivity contribution in [2.75, 3.05) is 33.4 Å². The first kappa shape index (κ1) is 21.4. The first-order chi connectivity index (χ1) is 14.1. The van der Waals surface area contributed by atoms with Crippen LogP contribution in [0.3, 0.4) is 0 Å². The molecule has 2 aromatic rings. The highest BCUT2D eigenvalue weighted by Gasteiger charge is 2.18. The first-order valence-electron chi connectivity index (χ1n) is 9.41. The van der Waals surface area contributed by atoms with Crippen molar-refractivity contribution in [2.45, 2.75) is 6.42 Å². The molecule has 0 saturated heterocycles. The van der Waals surface area contributed by atoms with Gasteiger partial charge in [-0.05, 0) is 18.6 Å². The Bertz CT molecular complexity index is 876. The quantitative estimate of drug-likeness (QED) is 0.342. The van der Waals surface area contributed by atoms with Gasteiger partial charge in [-0.25, -0.2) is 4.79 Å². The van der Waals surface area contributed by atoms with Gasteiger partial charge in [0, 0.05) is 52.0 Å². The number of hydrogen-bond acceptors (Lipinski definition) is 4. The summed E-state index contributed by atoms with van der Waals surface area (Å²) in [5, 5.41) is 1.26. The number of nitrogens with zero attached hydrogens (tertiary/aromatic N) is 1. The summed E-state index contributed by atoms with van der Waals surface area (Å²) in [6, 6.07) is 15.2. The molecular weight excluding hydrogens is 409 g/mol. The molecule has 0 saturated carbocycles. The largest absolute Gasteiger partial charge is 0.499 e. The Hall–Kier alpha value is -2.27. The fourth-order valence-corrected chi connectivity index (χ4v) is 3.71. The van der Waals surface area contributed by atoms with Crippen LogP contribution in [0.25, 0.3) is 5.57 Å². The van der Waals surface area contributed by atoms with Crippen LogP contribution in [0.15, 0.2) is 66.4 Å². The fraction of sp³-hybridized carbons (Fsp3) is 0.261. The van der Waals surface area contributed by atoms with Gasteiger partial charge in [-0.3, -0.25) is 4.90 Å². The molecule has 0 aromatic heterocycles. The molecule has 0 atom stereocenters. The SMILES string of the molecule is COC(=O)C1=CCCN(CCOC=C(c2ccccc2Cl)c2ccccc2Cl)C1. The smallest absolute Gasteiger partial charge is 0.334 e. The third kappa shape index (κ3) is 5.63. The number of esters is 1. The maximum atomic E-state index is 11.7. The predicted molar refractivity (Wildman–Crippen MR) is 117 cm³/mol. The van der Waals surface area contributed by atoms with Crippen LogP contribution in [0.4, 0.5) is 0 Å². The number of ether oxygens (including phenoxy) is 2. The summed E-state index contributed by atoms with van der Waals surface area (Å²) < 4.78 is 10.7. The van der Waals surface area contributed by atoms with Gasteiger partial charge >= 0.3 is 5.97 Å². The van der Waals surface area contributed by atoms with E-state index in [-0.39, 0.29) is 5.97 Å². The summed E-state index contributed by atoms with van der Waals surface area (Å²) in [4.78, 5) is 13.9. The lowest BCUT2D eigenvalue weighted by atomic mass is 9.99. The fourth-order valence-electron chi connectivity index (χ4n) is 3.23. The standard InChI is InChI=1S/C23H23Cl2NO3/c1-28-23(27)17-7-6-12-26(15-17)13-14-29-16-20(18-8-2-4-10-21(18)24)19-9-3-5-11-22(19)25/h2-5,7-11,16H,6,12-15H2,1H3. The molecule has 0 bridgehead atoms. The van der Waals surface area contributed by atoms with E-state index >= 15 is 0 Å². The molecule has 0 aliphatic carbocycles. The Balaban J connectivity index is 1.70. The summed E-state index contributed by atoms with van der Waals surface area (Å²) >= 11 is 12.8. The van der Waals surface area contributed by atoms with Crippen molar-refractivity contribution >= 4 is 34.7 Å². The monoisotopic (exact) mass is 431 g/mol. The molecule has 0 spiro atoms. The first-order valence-corrected chi connectivity index (χ1v) is 10.2. The van der Waals surface area contributed by atoms with Crippen molar-refractivity contribution in [3.63, 3.8) is 0 Å². The Labute approximate surface area is 181 Å². The minimum Gasteiger partial charge on any atom is -0.499 e. The van der Waals surface area contributed by atoms with Crippen molar-refractivity contribution in [3.05, 3.63) is 87.6 Å². The Morgan fingerprint density at radius 1 is 1.07 bits per heavy atom. The molecule has 29 heavy (non-hydrogen) atoms. The van der Waals surface area contributed by atoms with E-state index in [9.17, 15) is 4.79 Å². The Kier molecular flexibility index (Phi) is 7.76. The zero-order valence-corrected chi connectivity index (χ0v) is 17.7. The van der Waals surface area contributed by atoms with Gasteiger partial charge in [-0.15, -0.1) is 0 Å². The van der Waals surface area contributed by atoms with Crippen LogP contribution < -0.4 is 0 Å². The van der Waals surface area contributed by atoms with E-state index in [1.54, 1.807) is 6.26 Å². The normalized spacial score (nSPS) is 14.1. The molecule has 0 amide bonds. The number of carbonyl (C=O) groups excluding carboxylic acids is 1. The third-order valence-corrected chi connectivity index (χ3v) is 5.39. The van der Waals surface area contributed by atoms with Crippen LogP contribution >= 0.6 is 23.2 Å². The number of hydrogen-bond donors (Lipinski definition) is 0. The predicted octanol–water partition coefficient (Wildman–Crippen LogP) is 5.20. The lowest BCUT2D eigenvalue weighted by Crippen LogP contribution is -2.34. The highest BCUT2D eigenvalue weighted by molar-refractivity contribution is 6.34. The van der Waals surface area contributed by atoms with E-state index in [2.05, 4.69) is 4.90 Å². The van der Waals surface area contributed by atoms with E-state index in [1.165, 1.54) is 7.11 Å². The van der Waals surface area contributed by atoms with Crippen LogP contribution in [0, 0.1) is 0 Å². The molecule has 4 nitrogen and oxygen atoms in total. The van der Waals surface area contributed by atoms with Crippen molar-refractivity contribution in [3.8, 4) is 0 Å². The van der Waals surface area contributed by atoms with Crippen molar-refractivity contribution in [1.29, 1.82) is 0 Å². The van der Waals surface area contributed by atoms with Crippen molar-refractivity contribution in [1.82, 2.24) is 4.90 Å². The van der Waals surface area contributed by atoms with Gasteiger partial charge in [0.2, 0.25) is 0 Å². The summed E-state index contributed by atoms with van der Waals surface area (Å²) in [6.45, 7) is 2.63. The van der Waals surface area contributed by atoms with Crippen LogP contribution in [0.1, 0.15) is 17.5 Å². The van der Waals surface area contributed by atoms with Crippen LogP contribution in [0.5, 0.6) is 0 Å². The van der Waals surface area contributed by atoms with E-state index in [0.717, 1.165) is 29.7 Å². The van der Waals surface area contributed by atoms with Crippen LogP contribution in [0.2, 0.25) is 10.0 Å². The van der Waals surface area contributed by atoms with Gasteiger partial charge in [-0.1, -0.05) is 65.7 Å². The van der Waals surface area contributed by atoms with E-state index in [0.29, 0.717) is 35.3 Å². The Morgan fingerprint density at radius 3 is 2.28 bits per heavy atom. The molecule has 3 rings (SSSR count). The molecule has 1 aliphatic heterocycles. The van der Waals surface area contributed by atoms with Crippen molar-refractivity contribution < 1.29 is 14.3 Å². The minimum atomic E-state index is -0.268. The second kappa shape index (κ2) is 10.5. The second-order valence-corrected chi connectivity index (χ2v) is 7.46. The van der Waals surface area contributed by atoms with Gasteiger partial charge in [0.1, 0.15) is 6.61 Å². The zero-order valence-electron chi connectivity index (χ0n) is 16.2. The van der Waals surface area contributed by atoms with Gasteiger partial charge in [0.05, 0.1) is 13.4 Å². The highest BCUT2D eigenvalue weighted by Crippen LogP contribution is 2.33. The lowest BCUT2D eigenvalue weighted by molar-refractivity contribution is -0.136. The number of benzene rings is 2. The van der Waals surface area contributed by atoms with Gasteiger partial charge < -0.3 is 9.47 Å². The maximum Gasteiger partial charge on any atom is 0.334 e. The number of rotatable bonds is 7. The highest BCUT2D eigenvalue weighted by atomic mass is 35.5. The maximum absolute atomic E-state index is 11.7. The molecule has 1 aliphatic rings. The van der Waals surface area contributed by atoms with Gasteiger partial charge in [0.15, 0.2) is 0 Å². The molecule has 152 valence electrons. The summed E-state index contributed by atoms with van der Waals surface area (Å²) in [5.41, 5.74) is 3.24. The van der Waals surface area contributed by atoms with E-state index < -0.39 is 0 Å². The topological polar surface area (TPSA) is 38.8 Å². The Morgan fingerprint density at radius 2 is 1.69 bits per heavy atom. The van der Waals surface area contributed by atoms with Crippen LogP contribution in [-0.2, 0) is 14.3 Å². The number of halogens is 2.